The van der Waals surface area contributed by atoms with Crippen molar-refractivity contribution in [3.63, 3.8) is 0 Å². The summed E-state index contributed by atoms with van der Waals surface area (Å²) in [5.41, 5.74) is 2.47. The Kier molecular flexibility index (Phi) is 9.01. The van der Waals surface area contributed by atoms with Gasteiger partial charge in [-0.1, -0.05) is 91.0 Å². The standard InChI is InChI=1S/C28H30N2O5/c1-29(25(27(32)33)19-22-14-8-4-9-15-22)26(31)24(18-21-12-6-3-7-13-21)30(2)28(34)35-20-23-16-10-5-11-17-23/h3-17,24-25H,18-20H2,1-2H3,(H,32,33)/t24-,25-/m0/s1. The first-order chi connectivity index (χ1) is 16.9. The molecule has 3 aromatic carbocycles. The Labute approximate surface area is 205 Å². The molecule has 35 heavy (non-hydrogen) atoms. The topological polar surface area (TPSA) is 87.2 Å². The number of aliphatic carboxylic acids is 1. The summed E-state index contributed by atoms with van der Waals surface area (Å²) >= 11 is 0. The zero-order valence-electron chi connectivity index (χ0n) is 19.9. The first kappa shape index (κ1) is 25.5. The minimum atomic E-state index is -1.11. The number of nitrogens with zero attached hydrogens (tertiary/aromatic N) is 2. The van der Waals surface area contributed by atoms with Gasteiger partial charge in [-0.05, 0) is 16.7 Å². The monoisotopic (exact) mass is 474 g/mol. The molecule has 3 aromatic rings. The molecule has 0 aliphatic rings. The van der Waals surface area contributed by atoms with Crippen LogP contribution in [0, 0.1) is 0 Å². The smallest absolute Gasteiger partial charge is 0.410 e. The van der Waals surface area contributed by atoms with Gasteiger partial charge in [0.2, 0.25) is 5.91 Å². The predicted octanol–water partition coefficient (Wildman–Crippen LogP) is 4.02. The van der Waals surface area contributed by atoms with Gasteiger partial charge in [0.05, 0.1) is 0 Å². The van der Waals surface area contributed by atoms with E-state index in [0.717, 1.165) is 16.7 Å². The van der Waals surface area contributed by atoms with Crippen molar-refractivity contribution in [1.29, 1.82) is 0 Å². The summed E-state index contributed by atoms with van der Waals surface area (Å²) in [6, 6.07) is 25.7. The molecule has 3 rings (SSSR count). The Bertz CT molecular complexity index is 1110. The van der Waals surface area contributed by atoms with Crippen molar-refractivity contribution < 1.29 is 24.2 Å². The molecular formula is C28H30N2O5. The molecule has 0 aromatic heterocycles. The summed E-state index contributed by atoms with van der Waals surface area (Å²) in [5.74, 6) is -1.59. The molecule has 0 saturated heterocycles. The third-order valence-electron chi connectivity index (χ3n) is 5.89. The van der Waals surface area contributed by atoms with Gasteiger partial charge in [0.1, 0.15) is 18.7 Å². The minimum absolute atomic E-state index is 0.0673. The first-order valence-electron chi connectivity index (χ1n) is 11.4. The number of benzene rings is 3. The fourth-order valence-corrected chi connectivity index (χ4v) is 3.79. The van der Waals surface area contributed by atoms with Crippen molar-refractivity contribution in [2.75, 3.05) is 14.1 Å². The van der Waals surface area contributed by atoms with E-state index in [0.29, 0.717) is 0 Å². The Hall–Kier alpha value is -4.13. The fraction of sp³-hybridized carbons (Fsp3) is 0.250. The molecule has 7 heteroatoms. The summed E-state index contributed by atoms with van der Waals surface area (Å²) in [5, 5.41) is 9.88. The van der Waals surface area contributed by atoms with Gasteiger partial charge >= 0.3 is 12.1 Å². The van der Waals surface area contributed by atoms with Gasteiger partial charge < -0.3 is 14.7 Å². The highest BCUT2D eigenvalue weighted by Gasteiger charge is 2.35. The van der Waals surface area contributed by atoms with Crippen molar-refractivity contribution in [2.24, 2.45) is 0 Å². The van der Waals surface area contributed by atoms with E-state index in [-0.39, 0.29) is 19.4 Å². The van der Waals surface area contributed by atoms with Crippen LogP contribution in [0.1, 0.15) is 16.7 Å². The molecule has 182 valence electrons. The molecule has 0 saturated carbocycles. The van der Waals surface area contributed by atoms with Gasteiger partial charge in [-0.2, -0.15) is 0 Å². The molecule has 0 aliphatic heterocycles. The predicted molar refractivity (Wildman–Crippen MR) is 133 cm³/mol. The largest absolute Gasteiger partial charge is 0.480 e. The van der Waals surface area contributed by atoms with Crippen LogP contribution < -0.4 is 0 Å². The number of rotatable bonds is 10. The SMILES string of the molecule is CN(C(=O)OCc1ccccc1)[C@@H](Cc1ccccc1)C(=O)N(C)[C@@H](Cc1ccccc1)C(=O)O. The average Bonchev–Trinajstić information content (AvgIpc) is 2.89. The number of ether oxygens (including phenoxy) is 1. The Morgan fingerprint density at radius 2 is 1.11 bits per heavy atom. The maximum Gasteiger partial charge on any atom is 0.410 e. The lowest BCUT2D eigenvalue weighted by molar-refractivity contribution is -0.150. The van der Waals surface area contributed by atoms with Crippen LogP contribution in [-0.4, -0.2) is 59.1 Å². The molecule has 0 radical (unpaired) electrons. The van der Waals surface area contributed by atoms with Gasteiger partial charge in [0, 0.05) is 26.9 Å². The normalized spacial score (nSPS) is 12.3. The van der Waals surface area contributed by atoms with E-state index in [1.807, 2.05) is 91.0 Å². The van der Waals surface area contributed by atoms with E-state index in [1.54, 1.807) is 0 Å². The van der Waals surface area contributed by atoms with Crippen molar-refractivity contribution in [1.82, 2.24) is 9.80 Å². The molecule has 0 heterocycles. The second kappa shape index (κ2) is 12.4. The second-order valence-corrected chi connectivity index (χ2v) is 8.35. The average molecular weight is 475 g/mol. The van der Waals surface area contributed by atoms with Gasteiger partial charge in [-0.3, -0.25) is 9.69 Å². The maximum absolute atomic E-state index is 13.6. The van der Waals surface area contributed by atoms with Crippen LogP contribution in [-0.2, 0) is 33.8 Å². The van der Waals surface area contributed by atoms with Crippen LogP contribution in [0.3, 0.4) is 0 Å². The van der Waals surface area contributed by atoms with E-state index >= 15 is 0 Å². The minimum Gasteiger partial charge on any atom is -0.480 e. The third kappa shape index (κ3) is 7.17. The molecule has 2 amide bonds. The van der Waals surface area contributed by atoms with Crippen molar-refractivity contribution in [3.8, 4) is 0 Å². The number of likely N-dealkylation sites (N-methyl/N-ethyl adjacent to an activating group) is 2. The lowest BCUT2D eigenvalue weighted by Crippen LogP contribution is -2.54. The first-order valence-corrected chi connectivity index (χ1v) is 11.4. The van der Waals surface area contributed by atoms with Crippen molar-refractivity contribution >= 4 is 18.0 Å². The fourth-order valence-electron chi connectivity index (χ4n) is 3.79. The molecule has 0 spiro atoms. The van der Waals surface area contributed by atoms with E-state index in [1.165, 1.54) is 23.9 Å². The number of hydrogen-bond acceptors (Lipinski definition) is 4. The third-order valence-corrected chi connectivity index (χ3v) is 5.89. The van der Waals surface area contributed by atoms with Crippen LogP contribution in [0.25, 0.3) is 0 Å². The second-order valence-electron chi connectivity index (χ2n) is 8.35. The van der Waals surface area contributed by atoms with E-state index in [9.17, 15) is 19.5 Å². The van der Waals surface area contributed by atoms with Gasteiger partial charge in [-0.15, -0.1) is 0 Å². The molecule has 2 atom stereocenters. The highest BCUT2D eigenvalue weighted by atomic mass is 16.6. The van der Waals surface area contributed by atoms with Crippen LogP contribution in [0.15, 0.2) is 91.0 Å². The molecule has 0 fully saturated rings. The number of carboxylic acids is 1. The van der Waals surface area contributed by atoms with Crippen LogP contribution in [0.2, 0.25) is 0 Å². The summed E-state index contributed by atoms with van der Waals surface area (Å²) in [6.45, 7) is 0.0673. The molecular weight excluding hydrogens is 444 g/mol. The Balaban J connectivity index is 1.80. The molecule has 0 bridgehead atoms. The Morgan fingerprint density at radius 1 is 0.686 bits per heavy atom. The molecule has 7 nitrogen and oxygen atoms in total. The highest BCUT2D eigenvalue weighted by molar-refractivity contribution is 5.89. The Morgan fingerprint density at radius 3 is 1.57 bits per heavy atom. The van der Waals surface area contributed by atoms with Crippen LogP contribution in [0.5, 0.6) is 0 Å². The van der Waals surface area contributed by atoms with E-state index in [4.69, 9.17) is 4.74 Å². The summed E-state index contributed by atoms with van der Waals surface area (Å²) in [6.07, 6.45) is -0.288. The highest BCUT2D eigenvalue weighted by Crippen LogP contribution is 2.16. The molecule has 0 unspecified atom stereocenters. The van der Waals surface area contributed by atoms with Crippen LogP contribution >= 0.6 is 0 Å². The van der Waals surface area contributed by atoms with Crippen molar-refractivity contribution in [2.45, 2.75) is 31.5 Å². The van der Waals surface area contributed by atoms with Gasteiger partial charge in [0.25, 0.3) is 0 Å². The number of carbonyl (C=O) groups is 3. The zero-order valence-corrected chi connectivity index (χ0v) is 19.9. The summed E-state index contributed by atoms with van der Waals surface area (Å²) in [4.78, 5) is 41.1. The number of amides is 2. The van der Waals surface area contributed by atoms with E-state index in [2.05, 4.69) is 0 Å². The zero-order chi connectivity index (χ0) is 25.2. The number of carbonyl (C=O) groups excluding carboxylic acids is 2. The molecule has 1 N–H and O–H groups in total. The van der Waals surface area contributed by atoms with Gasteiger partial charge in [-0.25, -0.2) is 9.59 Å². The molecule has 0 aliphatic carbocycles. The van der Waals surface area contributed by atoms with Crippen LogP contribution in [0.4, 0.5) is 4.79 Å². The summed E-state index contributed by atoms with van der Waals surface area (Å²) < 4.78 is 5.44. The summed E-state index contributed by atoms with van der Waals surface area (Å²) in [7, 11) is 2.96. The maximum atomic E-state index is 13.6. The lowest BCUT2D eigenvalue weighted by Gasteiger charge is -2.33. The quantitative estimate of drug-likeness (QED) is 0.480. The van der Waals surface area contributed by atoms with Crippen molar-refractivity contribution in [3.05, 3.63) is 108 Å². The van der Waals surface area contributed by atoms with Gasteiger partial charge in [0.15, 0.2) is 0 Å². The number of carboxylic acid groups (broad SMARTS) is 1. The van der Waals surface area contributed by atoms with E-state index < -0.39 is 30.1 Å². The lowest BCUT2D eigenvalue weighted by atomic mass is 10.0. The number of hydrogen-bond donors (Lipinski definition) is 1.